The average molecular weight is 470 g/mol. The van der Waals surface area contributed by atoms with Crippen LogP contribution in [0.15, 0.2) is 88.4 Å². The predicted octanol–water partition coefficient (Wildman–Crippen LogP) is 5.52. The summed E-state index contributed by atoms with van der Waals surface area (Å²) in [5.41, 5.74) is 4.25. The number of ether oxygens (including phenoxy) is 1. The molecule has 5 aromatic rings. The van der Waals surface area contributed by atoms with Gasteiger partial charge in [0, 0.05) is 11.3 Å². The van der Waals surface area contributed by atoms with E-state index in [4.69, 9.17) is 9.15 Å². The van der Waals surface area contributed by atoms with Gasteiger partial charge in [0.2, 0.25) is 11.8 Å². The van der Waals surface area contributed by atoms with E-state index in [9.17, 15) is 0 Å². The standard InChI is InChI=1S/C26H23N5O2S/c1-18-8-12-21(13-9-18)31-25(20-10-14-22(32-2)15-11-20)29-30-26(31)34-17-24-28-27-23(33-24)16-19-6-4-3-5-7-19/h3-15H,16-17H2,1-2H3. The molecule has 0 atom stereocenters. The van der Waals surface area contributed by atoms with Crippen molar-refractivity contribution in [1.82, 2.24) is 25.0 Å². The van der Waals surface area contributed by atoms with E-state index in [0.717, 1.165) is 33.5 Å². The summed E-state index contributed by atoms with van der Waals surface area (Å²) in [5, 5.41) is 18.1. The molecule has 7 nitrogen and oxygen atoms in total. The largest absolute Gasteiger partial charge is 0.497 e. The van der Waals surface area contributed by atoms with Crippen molar-refractivity contribution in [3.63, 3.8) is 0 Å². The lowest BCUT2D eigenvalue weighted by Crippen LogP contribution is -2.00. The fourth-order valence-corrected chi connectivity index (χ4v) is 4.32. The third kappa shape index (κ3) is 4.87. The van der Waals surface area contributed by atoms with Crippen molar-refractivity contribution in [2.75, 3.05) is 7.11 Å². The van der Waals surface area contributed by atoms with Crippen LogP contribution in [0.4, 0.5) is 0 Å². The fourth-order valence-electron chi connectivity index (χ4n) is 3.53. The van der Waals surface area contributed by atoms with Crippen molar-refractivity contribution < 1.29 is 9.15 Å². The molecule has 0 saturated carbocycles. The average Bonchev–Trinajstić information content (AvgIpc) is 3.51. The van der Waals surface area contributed by atoms with Crippen molar-refractivity contribution in [1.29, 1.82) is 0 Å². The summed E-state index contributed by atoms with van der Waals surface area (Å²) in [4.78, 5) is 0. The Labute approximate surface area is 201 Å². The molecule has 0 fully saturated rings. The highest BCUT2D eigenvalue weighted by Crippen LogP contribution is 2.30. The number of hydrogen-bond donors (Lipinski definition) is 0. The Bertz CT molecular complexity index is 1360. The number of benzene rings is 3. The van der Waals surface area contributed by atoms with Gasteiger partial charge in [-0.25, -0.2) is 0 Å². The second-order valence-electron chi connectivity index (χ2n) is 7.75. The van der Waals surface area contributed by atoms with Crippen LogP contribution in [0.3, 0.4) is 0 Å². The predicted molar refractivity (Wildman–Crippen MR) is 131 cm³/mol. The first-order valence-corrected chi connectivity index (χ1v) is 11.8. The normalized spacial score (nSPS) is 11.0. The Morgan fingerprint density at radius 2 is 1.56 bits per heavy atom. The van der Waals surface area contributed by atoms with Crippen LogP contribution in [-0.2, 0) is 12.2 Å². The first kappa shape index (κ1) is 21.9. The van der Waals surface area contributed by atoms with Crippen molar-refractivity contribution in [2.24, 2.45) is 0 Å². The molecule has 8 heteroatoms. The van der Waals surface area contributed by atoms with Gasteiger partial charge >= 0.3 is 0 Å². The molecule has 0 radical (unpaired) electrons. The van der Waals surface area contributed by atoms with Crippen LogP contribution in [0.5, 0.6) is 5.75 Å². The lowest BCUT2D eigenvalue weighted by atomic mass is 10.2. The van der Waals surface area contributed by atoms with Gasteiger partial charge in [-0.05, 0) is 48.9 Å². The summed E-state index contributed by atoms with van der Waals surface area (Å²) in [5.74, 6) is 3.20. The van der Waals surface area contributed by atoms with E-state index in [1.807, 2.05) is 59.2 Å². The molecule has 170 valence electrons. The number of aryl methyl sites for hydroxylation is 1. The monoisotopic (exact) mass is 469 g/mol. The van der Waals surface area contributed by atoms with Crippen molar-refractivity contribution >= 4 is 11.8 Å². The van der Waals surface area contributed by atoms with Gasteiger partial charge in [-0.15, -0.1) is 20.4 Å². The molecular formula is C26H23N5O2S. The van der Waals surface area contributed by atoms with Crippen LogP contribution >= 0.6 is 11.8 Å². The molecular weight excluding hydrogens is 446 g/mol. The maximum absolute atomic E-state index is 5.87. The first-order chi connectivity index (χ1) is 16.7. The Kier molecular flexibility index (Phi) is 6.40. The third-order valence-electron chi connectivity index (χ3n) is 5.31. The fraction of sp³-hybridized carbons (Fsp3) is 0.154. The van der Waals surface area contributed by atoms with Gasteiger partial charge in [0.25, 0.3) is 0 Å². The molecule has 0 bridgehead atoms. The Morgan fingerprint density at radius 3 is 2.29 bits per heavy atom. The second-order valence-corrected chi connectivity index (χ2v) is 8.69. The first-order valence-electron chi connectivity index (χ1n) is 10.8. The molecule has 2 aromatic heterocycles. The highest BCUT2D eigenvalue weighted by atomic mass is 32.2. The van der Waals surface area contributed by atoms with Gasteiger partial charge in [0.15, 0.2) is 11.0 Å². The van der Waals surface area contributed by atoms with Crippen LogP contribution in [0.2, 0.25) is 0 Å². The van der Waals surface area contributed by atoms with Gasteiger partial charge in [-0.1, -0.05) is 59.8 Å². The maximum atomic E-state index is 5.87. The highest BCUT2D eigenvalue weighted by molar-refractivity contribution is 7.98. The summed E-state index contributed by atoms with van der Waals surface area (Å²) in [6.45, 7) is 2.07. The quantitative estimate of drug-likeness (QED) is 0.277. The van der Waals surface area contributed by atoms with Gasteiger partial charge < -0.3 is 9.15 Å². The Balaban J connectivity index is 1.40. The van der Waals surface area contributed by atoms with Gasteiger partial charge in [-0.2, -0.15) is 0 Å². The molecule has 0 saturated heterocycles. The topological polar surface area (TPSA) is 78.9 Å². The van der Waals surface area contributed by atoms with Crippen LogP contribution in [0, 0.1) is 6.92 Å². The molecule has 0 aliphatic heterocycles. The zero-order valence-corrected chi connectivity index (χ0v) is 19.7. The molecule has 3 aromatic carbocycles. The molecule has 0 N–H and O–H groups in total. The minimum absolute atomic E-state index is 0.494. The maximum Gasteiger partial charge on any atom is 0.226 e. The minimum atomic E-state index is 0.494. The molecule has 2 heterocycles. The number of nitrogens with zero attached hydrogens (tertiary/aromatic N) is 5. The van der Waals surface area contributed by atoms with Crippen molar-refractivity contribution in [3.05, 3.63) is 102 Å². The number of aromatic nitrogens is 5. The Hall–Kier alpha value is -3.91. The van der Waals surface area contributed by atoms with E-state index < -0.39 is 0 Å². The summed E-state index contributed by atoms with van der Waals surface area (Å²) >= 11 is 1.51. The van der Waals surface area contributed by atoms with E-state index in [1.165, 1.54) is 17.3 Å². The van der Waals surface area contributed by atoms with Gasteiger partial charge in [0.05, 0.1) is 19.3 Å². The number of hydrogen-bond acceptors (Lipinski definition) is 7. The van der Waals surface area contributed by atoms with Gasteiger partial charge in [0.1, 0.15) is 5.75 Å². The van der Waals surface area contributed by atoms with E-state index in [1.54, 1.807) is 7.11 Å². The lowest BCUT2D eigenvalue weighted by Gasteiger charge is -2.11. The lowest BCUT2D eigenvalue weighted by molar-refractivity contribution is 0.415. The highest BCUT2D eigenvalue weighted by Gasteiger charge is 2.18. The zero-order chi connectivity index (χ0) is 23.3. The summed E-state index contributed by atoms with van der Waals surface area (Å²) < 4.78 is 13.2. The van der Waals surface area contributed by atoms with Crippen LogP contribution in [0.25, 0.3) is 17.1 Å². The smallest absolute Gasteiger partial charge is 0.226 e. The molecule has 0 aliphatic rings. The van der Waals surface area contributed by atoms with Gasteiger partial charge in [-0.3, -0.25) is 4.57 Å². The molecule has 0 unspecified atom stereocenters. The molecule has 0 aliphatic carbocycles. The van der Waals surface area contributed by atoms with E-state index in [0.29, 0.717) is 24.0 Å². The third-order valence-corrected chi connectivity index (χ3v) is 6.22. The van der Waals surface area contributed by atoms with Crippen LogP contribution in [0.1, 0.15) is 22.9 Å². The van der Waals surface area contributed by atoms with Crippen LogP contribution < -0.4 is 4.74 Å². The molecule has 0 amide bonds. The molecule has 0 spiro atoms. The summed E-state index contributed by atoms with van der Waals surface area (Å²) in [6.07, 6.45) is 0.611. The number of methoxy groups -OCH3 is 1. The minimum Gasteiger partial charge on any atom is -0.497 e. The van der Waals surface area contributed by atoms with Crippen molar-refractivity contribution in [3.8, 4) is 22.8 Å². The van der Waals surface area contributed by atoms with E-state index >= 15 is 0 Å². The number of thioether (sulfide) groups is 1. The van der Waals surface area contributed by atoms with Crippen LogP contribution in [-0.4, -0.2) is 32.1 Å². The zero-order valence-electron chi connectivity index (χ0n) is 18.9. The van der Waals surface area contributed by atoms with Crippen molar-refractivity contribution in [2.45, 2.75) is 24.3 Å². The summed E-state index contributed by atoms with van der Waals surface area (Å²) in [7, 11) is 1.65. The molecule has 34 heavy (non-hydrogen) atoms. The number of rotatable bonds is 8. The summed E-state index contributed by atoms with van der Waals surface area (Å²) in [6, 6.07) is 26.2. The SMILES string of the molecule is COc1ccc(-c2nnc(SCc3nnc(Cc4ccccc4)o3)n2-c2ccc(C)cc2)cc1. The van der Waals surface area contributed by atoms with E-state index in [2.05, 4.69) is 51.6 Å². The molecule has 5 rings (SSSR count). The second kappa shape index (κ2) is 9.93. The van der Waals surface area contributed by atoms with E-state index in [-0.39, 0.29) is 0 Å². The Morgan fingerprint density at radius 1 is 0.824 bits per heavy atom.